The third-order valence-corrected chi connectivity index (χ3v) is 9.90. The standard InChI is InChI=1S/C27H31N3O7S2/c1-36-23-9-13-26(14-10-23)39(34,35)30(22-7-3-2-4-8-22)21-27(31)28-17-20-37-24-11-15-25(16-12-24)38(32,33)29-18-5-6-19-29/h2-4,7-16H,5-6,17-21H2,1H3,(H,28,31). The van der Waals surface area contributed by atoms with E-state index in [9.17, 15) is 21.6 Å². The molecule has 10 nitrogen and oxygen atoms in total. The number of sulfonamides is 2. The molecular formula is C27H31N3O7S2. The van der Waals surface area contributed by atoms with Gasteiger partial charge in [-0.15, -0.1) is 0 Å². The highest BCUT2D eigenvalue weighted by atomic mass is 32.2. The molecule has 1 aliphatic rings. The maximum atomic E-state index is 13.4. The zero-order valence-electron chi connectivity index (χ0n) is 21.5. The van der Waals surface area contributed by atoms with Gasteiger partial charge in [0.05, 0.1) is 29.1 Å². The highest BCUT2D eigenvalue weighted by molar-refractivity contribution is 7.92. The lowest BCUT2D eigenvalue weighted by molar-refractivity contribution is -0.119. The summed E-state index contributed by atoms with van der Waals surface area (Å²) < 4.78 is 65.4. The zero-order chi connectivity index (χ0) is 27.9. The largest absolute Gasteiger partial charge is 0.497 e. The van der Waals surface area contributed by atoms with E-state index in [2.05, 4.69) is 5.32 Å². The van der Waals surface area contributed by atoms with Gasteiger partial charge in [0.15, 0.2) is 0 Å². The summed E-state index contributed by atoms with van der Waals surface area (Å²) in [6.07, 6.45) is 1.73. The number of anilines is 1. The van der Waals surface area contributed by atoms with Crippen molar-refractivity contribution < 1.29 is 31.1 Å². The number of carbonyl (C=O) groups is 1. The van der Waals surface area contributed by atoms with Crippen molar-refractivity contribution in [3.63, 3.8) is 0 Å². The highest BCUT2D eigenvalue weighted by Gasteiger charge is 2.28. The van der Waals surface area contributed by atoms with Crippen molar-refractivity contribution >= 4 is 31.6 Å². The van der Waals surface area contributed by atoms with Crippen molar-refractivity contribution in [2.45, 2.75) is 22.6 Å². The highest BCUT2D eigenvalue weighted by Crippen LogP contribution is 2.25. The average Bonchev–Trinajstić information content (AvgIpc) is 3.51. The van der Waals surface area contributed by atoms with Crippen molar-refractivity contribution in [3.8, 4) is 11.5 Å². The van der Waals surface area contributed by atoms with E-state index in [1.54, 1.807) is 54.6 Å². The molecule has 0 atom stereocenters. The summed E-state index contributed by atoms with van der Waals surface area (Å²) >= 11 is 0. The lowest BCUT2D eigenvalue weighted by Gasteiger charge is -2.24. The van der Waals surface area contributed by atoms with E-state index in [0.717, 1.165) is 17.1 Å². The minimum absolute atomic E-state index is 0.0264. The quantitative estimate of drug-likeness (QED) is 0.331. The summed E-state index contributed by atoms with van der Waals surface area (Å²) in [6.45, 7) is 0.868. The fourth-order valence-corrected chi connectivity index (χ4v) is 7.05. The molecule has 0 unspecified atom stereocenters. The third-order valence-electron chi connectivity index (χ3n) is 6.20. The number of ether oxygens (including phenoxy) is 2. The number of hydrogen-bond acceptors (Lipinski definition) is 7. The number of methoxy groups -OCH3 is 1. The van der Waals surface area contributed by atoms with Gasteiger partial charge in [0.1, 0.15) is 24.7 Å². The van der Waals surface area contributed by atoms with Crippen LogP contribution in [0.4, 0.5) is 5.69 Å². The van der Waals surface area contributed by atoms with Crippen LogP contribution in [-0.4, -0.2) is 66.9 Å². The second kappa shape index (κ2) is 12.5. The molecule has 1 amide bonds. The van der Waals surface area contributed by atoms with Gasteiger partial charge in [-0.05, 0) is 73.5 Å². The summed E-state index contributed by atoms with van der Waals surface area (Å²) in [7, 11) is -6.05. The van der Waals surface area contributed by atoms with E-state index >= 15 is 0 Å². The number of rotatable bonds is 12. The molecule has 1 saturated heterocycles. The molecule has 0 radical (unpaired) electrons. The summed E-state index contributed by atoms with van der Waals surface area (Å²) in [4.78, 5) is 13.0. The summed E-state index contributed by atoms with van der Waals surface area (Å²) in [6, 6.07) is 20.5. The molecule has 1 aliphatic heterocycles. The van der Waals surface area contributed by atoms with Gasteiger partial charge >= 0.3 is 0 Å². The second-order valence-corrected chi connectivity index (χ2v) is 12.6. The molecular weight excluding hydrogens is 542 g/mol. The third kappa shape index (κ3) is 6.88. The van der Waals surface area contributed by atoms with E-state index in [1.165, 1.54) is 35.7 Å². The number of carbonyl (C=O) groups excluding carboxylic acids is 1. The molecule has 1 fully saturated rings. The number of benzene rings is 3. The second-order valence-electron chi connectivity index (χ2n) is 8.80. The Morgan fingerprint density at radius 3 is 2.05 bits per heavy atom. The molecule has 0 aromatic heterocycles. The van der Waals surface area contributed by atoms with Crippen LogP contribution in [0, 0.1) is 0 Å². The predicted octanol–water partition coefficient (Wildman–Crippen LogP) is 2.87. The molecule has 12 heteroatoms. The minimum atomic E-state index is -4.04. The van der Waals surface area contributed by atoms with E-state index in [4.69, 9.17) is 9.47 Å². The van der Waals surface area contributed by atoms with Crippen LogP contribution in [0.1, 0.15) is 12.8 Å². The van der Waals surface area contributed by atoms with Crippen LogP contribution in [0.5, 0.6) is 11.5 Å². The van der Waals surface area contributed by atoms with Crippen LogP contribution in [0.15, 0.2) is 88.7 Å². The fourth-order valence-electron chi connectivity index (χ4n) is 4.12. The number of hydrogen-bond donors (Lipinski definition) is 1. The van der Waals surface area contributed by atoms with Gasteiger partial charge in [-0.25, -0.2) is 16.8 Å². The van der Waals surface area contributed by atoms with Crippen molar-refractivity contribution in [3.05, 3.63) is 78.9 Å². The van der Waals surface area contributed by atoms with Crippen LogP contribution < -0.4 is 19.1 Å². The first kappa shape index (κ1) is 28.4. The molecule has 39 heavy (non-hydrogen) atoms. The monoisotopic (exact) mass is 573 g/mol. The topological polar surface area (TPSA) is 122 Å². The molecule has 1 heterocycles. The molecule has 4 rings (SSSR count). The molecule has 0 saturated carbocycles. The Labute approximate surface area is 229 Å². The van der Waals surface area contributed by atoms with Crippen LogP contribution in [0.3, 0.4) is 0 Å². The first-order chi connectivity index (χ1) is 18.7. The normalized spacial score (nSPS) is 14.1. The Bertz CT molecular complexity index is 1460. The Morgan fingerprint density at radius 2 is 1.44 bits per heavy atom. The Morgan fingerprint density at radius 1 is 0.846 bits per heavy atom. The molecule has 3 aromatic carbocycles. The zero-order valence-corrected chi connectivity index (χ0v) is 23.2. The van der Waals surface area contributed by atoms with Gasteiger partial charge in [-0.2, -0.15) is 4.31 Å². The number of para-hydroxylation sites is 1. The molecule has 3 aromatic rings. The summed E-state index contributed by atoms with van der Waals surface area (Å²) in [5, 5.41) is 2.68. The van der Waals surface area contributed by atoms with E-state index in [-0.39, 0.29) is 22.9 Å². The lowest BCUT2D eigenvalue weighted by atomic mass is 10.3. The smallest absolute Gasteiger partial charge is 0.264 e. The van der Waals surface area contributed by atoms with Gasteiger partial charge in [0.25, 0.3) is 10.0 Å². The number of nitrogens with zero attached hydrogens (tertiary/aromatic N) is 2. The van der Waals surface area contributed by atoms with E-state index in [0.29, 0.717) is 30.3 Å². The summed E-state index contributed by atoms with van der Waals surface area (Å²) in [5.41, 5.74) is 0.351. The predicted molar refractivity (Wildman–Crippen MR) is 147 cm³/mol. The van der Waals surface area contributed by atoms with Crippen molar-refractivity contribution in [2.24, 2.45) is 0 Å². The van der Waals surface area contributed by atoms with Gasteiger partial charge in [-0.1, -0.05) is 18.2 Å². The molecule has 0 aliphatic carbocycles. The Kier molecular flexibility index (Phi) is 9.10. The molecule has 1 N–H and O–H groups in total. The maximum absolute atomic E-state index is 13.4. The molecule has 208 valence electrons. The number of amides is 1. The SMILES string of the molecule is COc1ccc(S(=O)(=O)N(CC(=O)NCCOc2ccc(S(=O)(=O)N3CCCC3)cc2)c2ccccc2)cc1. The van der Waals surface area contributed by atoms with Crippen molar-refractivity contribution in [1.29, 1.82) is 0 Å². The van der Waals surface area contributed by atoms with Crippen molar-refractivity contribution in [2.75, 3.05) is 44.2 Å². The first-order valence-electron chi connectivity index (χ1n) is 12.4. The summed E-state index contributed by atoms with van der Waals surface area (Å²) in [5.74, 6) is 0.463. The fraction of sp³-hybridized carbons (Fsp3) is 0.296. The lowest BCUT2D eigenvalue weighted by Crippen LogP contribution is -2.41. The van der Waals surface area contributed by atoms with Crippen molar-refractivity contribution in [1.82, 2.24) is 9.62 Å². The molecule has 0 spiro atoms. The van der Waals surface area contributed by atoms with E-state index in [1.807, 2.05) is 0 Å². The van der Waals surface area contributed by atoms with Crippen LogP contribution >= 0.6 is 0 Å². The first-order valence-corrected chi connectivity index (χ1v) is 15.3. The Hall–Kier alpha value is -3.61. The van der Waals surface area contributed by atoms with Crippen LogP contribution in [0.2, 0.25) is 0 Å². The number of nitrogens with one attached hydrogen (secondary N) is 1. The van der Waals surface area contributed by atoms with E-state index < -0.39 is 32.5 Å². The Balaban J connectivity index is 1.34. The van der Waals surface area contributed by atoms with Gasteiger partial charge in [-0.3, -0.25) is 9.10 Å². The van der Waals surface area contributed by atoms with Crippen LogP contribution in [0.25, 0.3) is 0 Å². The minimum Gasteiger partial charge on any atom is -0.497 e. The molecule has 0 bridgehead atoms. The van der Waals surface area contributed by atoms with Crippen LogP contribution in [-0.2, 0) is 24.8 Å². The maximum Gasteiger partial charge on any atom is 0.264 e. The van der Waals surface area contributed by atoms with Gasteiger partial charge < -0.3 is 14.8 Å². The van der Waals surface area contributed by atoms with Gasteiger partial charge in [0.2, 0.25) is 15.9 Å². The van der Waals surface area contributed by atoms with Gasteiger partial charge in [0, 0.05) is 13.1 Å². The average molecular weight is 574 g/mol.